The fraction of sp³-hybridized carbons (Fsp3) is 1.00. The fourth-order valence-corrected chi connectivity index (χ4v) is 3.07. The molecule has 0 amide bonds. The molecule has 0 aliphatic heterocycles. The summed E-state index contributed by atoms with van der Waals surface area (Å²) in [5.41, 5.74) is 0. The first-order valence-corrected chi connectivity index (χ1v) is 10.5. The van der Waals surface area contributed by atoms with Crippen LogP contribution in [0, 0.1) is 5.21 Å². The van der Waals surface area contributed by atoms with Crippen LogP contribution in [-0.4, -0.2) is 22.7 Å². The van der Waals surface area contributed by atoms with Crippen molar-refractivity contribution in [2.75, 3.05) is 6.54 Å². The number of unbranched alkanes of at least 4 members (excludes halogenated alkanes) is 15. The minimum atomic E-state index is -2.14. The molecule has 0 aromatic rings. The zero-order valence-corrected chi connectivity index (χ0v) is 16.3. The van der Waals surface area contributed by atoms with Crippen molar-refractivity contribution >= 4 is 0 Å². The molecule has 0 saturated carbocycles. The van der Waals surface area contributed by atoms with Gasteiger partial charge in [0, 0.05) is 6.92 Å². The van der Waals surface area contributed by atoms with Gasteiger partial charge in [-0.25, -0.2) is 0 Å². The average Bonchev–Trinajstić information content (AvgIpc) is 2.53. The third kappa shape index (κ3) is 16.7. The molecule has 1 unspecified atom stereocenters. The molecular weight excluding hydrogens is 302 g/mol. The van der Waals surface area contributed by atoms with E-state index in [2.05, 4.69) is 6.92 Å². The van der Waals surface area contributed by atoms with Crippen molar-refractivity contribution in [3.63, 3.8) is 0 Å². The second-order valence-corrected chi connectivity index (χ2v) is 7.50. The summed E-state index contributed by atoms with van der Waals surface area (Å²) in [6.07, 6.45) is 20.8. The van der Waals surface area contributed by atoms with E-state index >= 15 is 0 Å². The maximum Gasteiger partial charge on any atom is 0.309 e. The van der Waals surface area contributed by atoms with Gasteiger partial charge in [0.15, 0.2) is 0 Å². The highest BCUT2D eigenvalue weighted by atomic mass is 16.6. The minimum absolute atomic E-state index is 0.280. The van der Waals surface area contributed by atoms with E-state index in [-0.39, 0.29) is 6.54 Å². The molecule has 0 aromatic heterocycles. The Morgan fingerprint density at radius 2 is 0.917 bits per heavy atom. The fourth-order valence-electron chi connectivity index (χ4n) is 3.07. The first-order chi connectivity index (χ1) is 11.5. The Labute approximate surface area is 150 Å². The van der Waals surface area contributed by atoms with Crippen LogP contribution in [0.25, 0.3) is 0 Å². The summed E-state index contributed by atoms with van der Waals surface area (Å²) in [4.78, 5) is 0. The van der Waals surface area contributed by atoms with Crippen molar-refractivity contribution in [2.45, 2.75) is 122 Å². The van der Waals surface area contributed by atoms with E-state index in [9.17, 15) is 5.21 Å². The Hall–Kier alpha value is -0.160. The van der Waals surface area contributed by atoms with Crippen LogP contribution in [0.4, 0.5) is 0 Å². The van der Waals surface area contributed by atoms with Crippen molar-refractivity contribution in [1.29, 1.82) is 0 Å². The molecule has 0 spiro atoms. The van der Waals surface area contributed by atoms with Crippen molar-refractivity contribution in [1.82, 2.24) is 0 Å². The van der Waals surface area contributed by atoms with Gasteiger partial charge in [0.05, 0.1) is 6.54 Å². The normalized spacial score (nSPS) is 13.4. The first kappa shape index (κ1) is 23.8. The maximum absolute atomic E-state index is 11.3. The lowest BCUT2D eigenvalue weighted by Gasteiger charge is -2.31. The summed E-state index contributed by atoms with van der Waals surface area (Å²) in [7, 11) is 0. The Balaban J connectivity index is 3.10. The molecule has 0 bridgehead atoms. The van der Waals surface area contributed by atoms with Crippen LogP contribution < -0.4 is 5.06 Å². The van der Waals surface area contributed by atoms with Crippen molar-refractivity contribution in [3.05, 3.63) is 5.21 Å². The molecule has 0 saturated heterocycles. The average molecular weight is 346 g/mol. The van der Waals surface area contributed by atoms with Crippen molar-refractivity contribution in [3.8, 4) is 0 Å². The third-order valence-corrected chi connectivity index (χ3v) is 4.79. The summed E-state index contributed by atoms with van der Waals surface area (Å²) < 4.78 is 0. The van der Waals surface area contributed by atoms with Gasteiger partial charge in [0.1, 0.15) is 0 Å². The van der Waals surface area contributed by atoms with E-state index in [0.29, 0.717) is 0 Å². The topological polar surface area (TPSA) is 68.0 Å². The summed E-state index contributed by atoms with van der Waals surface area (Å²) in [6, 6.07) is 0. The Morgan fingerprint density at radius 1 is 0.625 bits per heavy atom. The zero-order chi connectivity index (χ0) is 18.1. The van der Waals surface area contributed by atoms with Crippen LogP contribution in [0.15, 0.2) is 0 Å². The highest BCUT2D eigenvalue weighted by molar-refractivity contribution is 4.50. The molecule has 0 aliphatic rings. The van der Waals surface area contributed by atoms with Crippen LogP contribution in [0.1, 0.15) is 117 Å². The lowest BCUT2D eigenvalue weighted by atomic mass is 10.0. The van der Waals surface area contributed by atoms with Gasteiger partial charge in [-0.3, -0.25) is 0 Å². The van der Waals surface area contributed by atoms with Gasteiger partial charge in [0.25, 0.3) is 0 Å². The van der Waals surface area contributed by atoms with Crippen LogP contribution in [0.3, 0.4) is 0 Å². The molecule has 0 fully saturated rings. The number of hydrogen-bond donors (Lipinski definition) is 3. The van der Waals surface area contributed by atoms with E-state index in [1.165, 1.54) is 83.5 Å². The van der Waals surface area contributed by atoms with Gasteiger partial charge in [-0.1, -0.05) is 96.8 Å². The largest absolute Gasteiger partial charge is 0.630 e. The molecular formula is C20H43NO3. The first-order valence-electron chi connectivity index (χ1n) is 10.5. The summed E-state index contributed by atoms with van der Waals surface area (Å²) in [6.45, 7) is 3.69. The van der Waals surface area contributed by atoms with Gasteiger partial charge in [0.2, 0.25) is 0 Å². The maximum atomic E-state index is 11.3. The van der Waals surface area contributed by atoms with Gasteiger partial charge >= 0.3 is 5.91 Å². The molecule has 0 heterocycles. The molecule has 0 rings (SSSR count). The lowest BCUT2D eigenvalue weighted by molar-refractivity contribution is -0.962. The molecule has 0 aliphatic carbocycles. The Kier molecular flexibility index (Phi) is 16.2. The lowest BCUT2D eigenvalue weighted by Crippen LogP contribution is -3.16. The zero-order valence-electron chi connectivity index (χ0n) is 16.3. The van der Waals surface area contributed by atoms with Gasteiger partial charge in [-0.2, -0.15) is 0 Å². The van der Waals surface area contributed by atoms with Gasteiger partial charge in [-0.15, -0.1) is 0 Å². The monoisotopic (exact) mass is 345 g/mol. The smallest absolute Gasteiger partial charge is 0.309 e. The van der Waals surface area contributed by atoms with E-state index in [0.717, 1.165) is 26.2 Å². The molecule has 24 heavy (non-hydrogen) atoms. The van der Waals surface area contributed by atoms with Gasteiger partial charge in [-0.05, 0) is 12.8 Å². The van der Waals surface area contributed by atoms with Crippen LogP contribution in [0.2, 0.25) is 0 Å². The van der Waals surface area contributed by atoms with Crippen molar-refractivity contribution < 1.29 is 15.3 Å². The third-order valence-electron chi connectivity index (χ3n) is 4.79. The number of hydrogen-bond acceptors (Lipinski definition) is 3. The van der Waals surface area contributed by atoms with Crippen molar-refractivity contribution in [2.24, 2.45) is 0 Å². The van der Waals surface area contributed by atoms with E-state index in [4.69, 9.17) is 10.2 Å². The molecule has 4 nitrogen and oxygen atoms in total. The van der Waals surface area contributed by atoms with Crippen LogP contribution in [-0.2, 0) is 0 Å². The van der Waals surface area contributed by atoms with E-state index < -0.39 is 11.0 Å². The van der Waals surface area contributed by atoms with Crippen LogP contribution in [0.5, 0.6) is 0 Å². The van der Waals surface area contributed by atoms with Gasteiger partial charge < -0.3 is 20.5 Å². The predicted molar refractivity (Wildman–Crippen MR) is 102 cm³/mol. The molecule has 0 radical (unpaired) electrons. The summed E-state index contributed by atoms with van der Waals surface area (Å²) in [5, 5.41) is 29.1. The Morgan fingerprint density at radius 3 is 1.21 bits per heavy atom. The van der Waals surface area contributed by atoms with E-state index in [1.54, 1.807) is 0 Å². The minimum Gasteiger partial charge on any atom is -0.630 e. The van der Waals surface area contributed by atoms with E-state index in [1.807, 2.05) is 0 Å². The predicted octanol–water partition coefficient (Wildman–Crippen LogP) is 4.29. The number of aliphatic hydroxyl groups is 2. The quantitative estimate of drug-likeness (QED) is 0.197. The number of rotatable bonds is 18. The molecule has 3 N–H and O–H groups in total. The second-order valence-electron chi connectivity index (χ2n) is 7.50. The summed E-state index contributed by atoms with van der Waals surface area (Å²) >= 11 is 0. The highest BCUT2D eigenvalue weighted by Gasteiger charge is 2.22. The second kappa shape index (κ2) is 16.3. The number of hydroxylamine groups is 2. The molecule has 1 atom stereocenters. The highest BCUT2D eigenvalue weighted by Crippen LogP contribution is 2.13. The summed E-state index contributed by atoms with van der Waals surface area (Å²) in [5.74, 6) is -2.14. The Bertz CT molecular complexity index is 254. The molecule has 4 heteroatoms. The standard InChI is InChI=1S/C20H43NO3/c1-3-4-5-6-7-8-9-10-11-12-13-14-15-16-17-18-19-21(24)20(2,22)23/h21-23H,3-19H2,1-2H3. The van der Waals surface area contributed by atoms with Crippen LogP contribution >= 0.6 is 0 Å². The number of nitrogens with one attached hydrogen (secondary N) is 1. The number of quaternary nitrogens is 1. The molecule has 0 aromatic carbocycles. The molecule has 146 valence electrons. The SMILES string of the molecule is CCCCCCCCCCCCCCCCCC[NH+]([O-])C(C)(O)O.